The van der Waals surface area contributed by atoms with Gasteiger partial charge in [-0.05, 0) is 32.0 Å². The molecule has 2 aromatic heterocycles. The Morgan fingerprint density at radius 3 is 2.81 bits per heavy atom. The van der Waals surface area contributed by atoms with Crippen LogP contribution in [0.3, 0.4) is 0 Å². The monoisotopic (exact) mass is 352 g/mol. The van der Waals surface area contributed by atoms with Crippen LogP contribution in [-0.4, -0.2) is 38.0 Å². The van der Waals surface area contributed by atoms with Crippen LogP contribution in [0.15, 0.2) is 42.7 Å². The first-order chi connectivity index (χ1) is 12.6. The molecule has 0 unspecified atom stereocenters. The fraction of sp³-hybridized carbons (Fsp3) is 0.278. The van der Waals surface area contributed by atoms with Gasteiger partial charge in [-0.3, -0.25) is 4.79 Å². The van der Waals surface area contributed by atoms with Gasteiger partial charge in [0.1, 0.15) is 12.2 Å². The number of aryl methyl sites for hydroxylation is 1. The van der Waals surface area contributed by atoms with Gasteiger partial charge in [0.15, 0.2) is 0 Å². The van der Waals surface area contributed by atoms with E-state index < -0.39 is 0 Å². The third-order valence-electron chi connectivity index (χ3n) is 3.95. The zero-order valence-electron chi connectivity index (χ0n) is 14.9. The largest absolute Gasteiger partial charge is 0.480 e. The first kappa shape index (κ1) is 17.5. The lowest BCUT2D eigenvalue weighted by Crippen LogP contribution is -2.28. The van der Waals surface area contributed by atoms with Crippen LogP contribution in [-0.2, 0) is 6.54 Å². The highest BCUT2D eigenvalue weighted by molar-refractivity contribution is 5.95. The number of ether oxygens (including phenoxy) is 1. The predicted octanol–water partition coefficient (Wildman–Crippen LogP) is 2.25. The molecular weight excluding hydrogens is 332 g/mol. The van der Waals surface area contributed by atoms with E-state index in [4.69, 9.17) is 4.74 Å². The average Bonchev–Trinajstić information content (AvgIpc) is 3.17. The van der Waals surface area contributed by atoms with Crippen LogP contribution in [0.1, 0.15) is 36.1 Å². The lowest BCUT2D eigenvalue weighted by Gasteiger charge is -2.14. The Kier molecular flexibility index (Phi) is 5.21. The van der Waals surface area contributed by atoms with Gasteiger partial charge in [-0.1, -0.05) is 12.1 Å². The van der Waals surface area contributed by atoms with E-state index >= 15 is 0 Å². The lowest BCUT2D eigenvalue weighted by molar-refractivity contribution is 0.0937. The zero-order chi connectivity index (χ0) is 18.5. The van der Waals surface area contributed by atoms with Gasteiger partial charge in [0, 0.05) is 23.7 Å². The van der Waals surface area contributed by atoms with Crippen molar-refractivity contribution in [1.82, 2.24) is 30.3 Å². The Hall–Kier alpha value is -3.29. The van der Waals surface area contributed by atoms with E-state index in [2.05, 4.69) is 25.6 Å². The highest BCUT2D eigenvalue weighted by atomic mass is 16.5. The molecule has 0 saturated carbocycles. The minimum absolute atomic E-state index is 0.188. The van der Waals surface area contributed by atoms with Gasteiger partial charge < -0.3 is 10.1 Å². The molecule has 3 rings (SSSR count). The van der Waals surface area contributed by atoms with Crippen LogP contribution in [0.2, 0.25) is 0 Å². The Labute approximate surface area is 151 Å². The van der Waals surface area contributed by atoms with Gasteiger partial charge in [-0.15, -0.1) is 10.2 Å². The van der Waals surface area contributed by atoms with E-state index in [9.17, 15) is 4.79 Å². The van der Waals surface area contributed by atoms with Gasteiger partial charge >= 0.3 is 0 Å². The molecule has 134 valence electrons. The molecule has 26 heavy (non-hydrogen) atoms. The predicted molar refractivity (Wildman–Crippen MR) is 95.6 cm³/mol. The maximum absolute atomic E-state index is 12.6. The van der Waals surface area contributed by atoms with Crippen LogP contribution < -0.4 is 10.1 Å². The lowest BCUT2D eigenvalue weighted by atomic mass is 10.1. The molecule has 0 saturated heterocycles. The summed E-state index contributed by atoms with van der Waals surface area (Å²) in [5.74, 6) is 0.973. The van der Waals surface area contributed by atoms with E-state index in [1.165, 1.54) is 13.4 Å². The molecule has 0 aliphatic rings. The summed E-state index contributed by atoms with van der Waals surface area (Å²) in [7, 11) is 1.54. The number of rotatable bonds is 6. The number of benzene rings is 1. The summed E-state index contributed by atoms with van der Waals surface area (Å²) >= 11 is 0. The topological polar surface area (TPSA) is 94.8 Å². The number of carbonyl (C=O) groups excluding carboxylic acids is 1. The number of amides is 1. The van der Waals surface area contributed by atoms with E-state index in [0.717, 1.165) is 11.4 Å². The summed E-state index contributed by atoms with van der Waals surface area (Å²) < 4.78 is 6.77. The molecule has 1 atom stereocenters. The minimum atomic E-state index is -0.255. The summed E-state index contributed by atoms with van der Waals surface area (Å²) in [6, 6.07) is 10.5. The van der Waals surface area contributed by atoms with Crippen molar-refractivity contribution in [1.29, 1.82) is 0 Å². The maximum atomic E-state index is 12.6. The fourth-order valence-electron chi connectivity index (χ4n) is 2.60. The Morgan fingerprint density at radius 2 is 2.12 bits per heavy atom. The van der Waals surface area contributed by atoms with Crippen molar-refractivity contribution in [2.24, 2.45) is 0 Å². The smallest absolute Gasteiger partial charge is 0.251 e. The molecule has 0 aliphatic carbocycles. The summed E-state index contributed by atoms with van der Waals surface area (Å²) in [5, 5.41) is 15.2. The Bertz CT molecular complexity index is 891. The number of aromatic nitrogens is 5. The molecule has 1 N–H and O–H groups in total. The summed E-state index contributed by atoms with van der Waals surface area (Å²) in [5.41, 5.74) is 2.01. The highest BCUT2D eigenvalue weighted by Gasteiger charge is 2.16. The normalized spacial score (nSPS) is 11.8. The van der Waals surface area contributed by atoms with Gasteiger partial charge in [-0.2, -0.15) is 5.10 Å². The minimum Gasteiger partial charge on any atom is -0.480 e. The first-order valence-electron chi connectivity index (χ1n) is 8.29. The molecule has 1 amide bonds. The molecule has 0 radical (unpaired) electrons. The Morgan fingerprint density at radius 1 is 1.27 bits per heavy atom. The van der Waals surface area contributed by atoms with E-state index in [1.807, 2.05) is 26.0 Å². The molecule has 0 bridgehead atoms. The molecule has 0 fully saturated rings. The average molecular weight is 352 g/mol. The summed E-state index contributed by atoms with van der Waals surface area (Å²) in [6.45, 7) is 4.56. The van der Waals surface area contributed by atoms with Crippen molar-refractivity contribution >= 4 is 5.91 Å². The number of hydrogen-bond donors (Lipinski definition) is 1. The zero-order valence-corrected chi connectivity index (χ0v) is 14.9. The number of nitrogens with zero attached hydrogens (tertiary/aromatic N) is 5. The molecule has 8 heteroatoms. The van der Waals surface area contributed by atoms with Crippen molar-refractivity contribution in [2.75, 3.05) is 7.11 Å². The maximum Gasteiger partial charge on any atom is 0.251 e. The molecule has 0 spiro atoms. The van der Waals surface area contributed by atoms with E-state index in [-0.39, 0.29) is 11.9 Å². The van der Waals surface area contributed by atoms with Crippen molar-refractivity contribution in [3.8, 4) is 17.1 Å². The van der Waals surface area contributed by atoms with Crippen LogP contribution in [0.5, 0.6) is 5.88 Å². The third-order valence-corrected chi connectivity index (χ3v) is 3.95. The molecule has 0 aliphatic heterocycles. The molecule has 3 aromatic rings. The van der Waals surface area contributed by atoms with E-state index in [0.29, 0.717) is 23.7 Å². The van der Waals surface area contributed by atoms with Crippen LogP contribution in [0.4, 0.5) is 0 Å². The molecule has 8 nitrogen and oxygen atoms in total. The van der Waals surface area contributed by atoms with Crippen molar-refractivity contribution in [3.63, 3.8) is 0 Å². The summed E-state index contributed by atoms with van der Waals surface area (Å²) in [4.78, 5) is 16.8. The van der Waals surface area contributed by atoms with Crippen LogP contribution in [0, 0.1) is 0 Å². The fourth-order valence-corrected chi connectivity index (χ4v) is 2.60. The van der Waals surface area contributed by atoms with Gasteiger partial charge in [0.2, 0.25) is 5.88 Å². The number of hydrogen-bond acceptors (Lipinski definition) is 6. The SMILES string of the molecule is CCn1ncnc1[C@@H](C)NC(=O)c1cccc(-c2ccc(OC)nn2)c1. The molecular formula is C18H20N6O2. The highest BCUT2D eigenvalue weighted by Crippen LogP contribution is 2.19. The first-order valence-corrected chi connectivity index (χ1v) is 8.29. The Balaban J connectivity index is 1.77. The molecule has 2 heterocycles. The number of methoxy groups -OCH3 is 1. The van der Waals surface area contributed by atoms with Gasteiger partial charge in [0.05, 0.1) is 18.8 Å². The van der Waals surface area contributed by atoms with Crippen LogP contribution >= 0.6 is 0 Å². The second kappa shape index (κ2) is 7.73. The quantitative estimate of drug-likeness (QED) is 0.731. The van der Waals surface area contributed by atoms with Crippen LogP contribution in [0.25, 0.3) is 11.3 Å². The third kappa shape index (κ3) is 3.69. The number of carbonyl (C=O) groups is 1. The standard InChI is InChI=1S/C18H20N6O2/c1-4-24-17(19-11-20-24)12(2)21-18(25)14-7-5-6-13(10-14)15-8-9-16(26-3)23-22-15/h5-12H,4H2,1-3H3,(H,21,25)/t12-/m1/s1. The van der Waals surface area contributed by atoms with Crippen molar-refractivity contribution < 1.29 is 9.53 Å². The van der Waals surface area contributed by atoms with Crippen molar-refractivity contribution in [2.45, 2.75) is 26.4 Å². The number of nitrogens with one attached hydrogen (secondary N) is 1. The van der Waals surface area contributed by atoms with Gasteiger partial charge in [-0.25, -0.2) is 9.67 Å². The second-order valence-electron chi connectivity index (χ2n) is 5.67. The second-order valence-corrected chi connectivity index (χ2v) is 5.67. The van der Waals surface area contributed by atoms with Crippen molar-refractivity contribution in [3.05, 3.63) is 54.1 Å². The molecule has 1 aromatic carbocycles. The summed E-state index contributed by atoms with van der Waals surface area (Å²) in [6.07, 6.45) is 1.49. The van der Waals surface area contributed by atoms with Gasteiger partial charge in [0.25, 0.3) is 5.91 Å². The van der Waals surface area contributed by atoms with E-state index in [1.54, 1.807) is 28.9 Å².